The molecule has 0 aliphatic carbocycles. The molecule has 0 unspecified atom stereocenters. The lowest BCUT2D eigenvalue weighted by molar-refractivity contribution is -0.385. The Kier molecular flexibility index (Phi) is 6.32. The maximum absolute atomic E-state index is 12.5. The van der Waals surface area contributed by atoms with Gasteiger partial charge in [-0.2, -0.15) is 0 Å². The number of benzene rings is 2. The molecule has 7 heteroatoms. The van der Waals surface area contributed by atoms with Crippen molar-refractivity contribution in [3.63, 3.8) is 0 Å². The summed E-state index contributed by atoms with van der Waals surface area (Å²) in [6, 6.07) is 9.63. The number of nitro groups is 1. The molecular formula is C19H19NO6. The molecule has 0 saturated heterocycles. The van der Waals surface area contributed by atoms with Crippen molar-refractivity contribution in [1.82, 2.24) is 0 Å². The van der Waals surface area contributed by atoms with Crippen molar-refractivity contribution in [1.29, 1.82) is 0 Å². The van der Waals surface area contributed by atoms with Crippen LogP contribution < -0.4 is 14.2 Å². The van der Waals surface area contributed by atoms with Crippen LogP contribution in [0.15, 0.2) is 42.5 Å². The first-order chi connectivity index (χ1) is 12.5. The quantitative estimate of drug-likeness (QED) is 0.308. The zero-order valence-electron chi connectivity index (χ0n) is 14.7. The van der Waals surface area contributed by atoms with Gasteiger partial charge in [-0.1, -0.05) is 18.2 Å². The number of nitrogens with zero attached hydrogens (tertiary/aromatic N) is 1. The Labute approximate surface area is 151 Å². The fraction of sp³-hybridized carbons (Fsp3) is 0.211. The molecule has 0 radical (unpaired) electrons. The second-order valence-electron chi connectivity index (χ2n) is 5.18. The van der Waals surface area contributed by atoms with E-state index in [0.717, 1.165) is 11.3 Å². The normalized spacial score (nSPS) is 10.6. The smallest absolute Gasteiger partial charge is 0.284 e. The second-order valence-corrected chi connectivity index (χ2v) is 5.18. The fourth-order valence-electron chi connectivity index (χ4n) is 2.32. The Hall–Kier alpha value is -3.35. The lowest BCUT2D eigenvalue weighted by atomic mass is 10.1. The van der Waals surface area contributed by atoms with Gasteiger partial charge in [0.2, 0.25) is 0 Å². The van der Waals surface area contributed by atoms with Crippen molar-refractivity contribution < 1.29 is 23.9 Å². The molecule has 2 rings (SSSR count). The standard InChI is InChI=1S/C19H19NO6/c1-4-26-14-8-5-13(6-9-14)7-10-17(21)15-11-18(24-2)19(25-3)12-16(15)20(22)23/h5-12H,4H2,1-3H3/b10-7+. The van der Waals surface area contributed by atoms with Gasteiger partial charge >= 0.3 is 0 Å². The molecule has 136 valence electrons. The zero-order valence-corrected chi connectivity index (χ0v) is 14.7. The Morgan fingerprint density at radius 1 is 1.12 bits per heavy atom. The highest BCUT2D eigenvalue weighted by atomic mass is 16.6. The van der Waals surface area contributed by atoms with E-state index in [1.165, 1.54) is 32.4 Å². The highest BCUT2D eigenvalue weighted by molar-refractivity contribution is 6.10. The number of carbonyl (C=O) groups excluding carboxylic acids is 1. The van der Waals surface area contributed by atoms with Crippen molar-refractivity contribution in [3.05, 3.63) is 63.7 Å². The third kappa shape index (κ3) is 4.38. The molecule has 2 aromatic carbocycles. The predicted octanol–water partition coefficient (Wildman–Crippen LogP) is 3.91. The largest absolute Gasteiger partial charge is 0.494 e. The van der Waals surface area contributed by atoms with Crippen LogP contribution in [-0.4, -0.2) is 31.5 Å². The van der Waals surface area contributed by atoms with E-state index in [-0.39, 0.29) is 22.7 Å². The summed E-state index contributed by atoms with van der Waals surface area (Å²) in [5, 5.41) is 11.3. The first kappa shape index (κ1) is 19.0. The molecule has 0 atom stereocenters. The van der Waals surface area contributed by atoms with Gasteiger partial charge in [-0.3, -0.25) is 14.9 Å². The topological polar surface area (TPSA) is 87.9 Å². The van der Waals surface area contributed by atoms with Gasteiger partial charge in [0, 0.05) is 6.07 Å². The number of ether oxygens (including phenoxy) is 3. The van der Waals surface area contributed by atoms with Crippen LogP contribution in [0.5, 0.6) is 17.2 Å². The monoisotopic (exact) mass is 357 g/mol. The summed E-state index contributed by atoms with van der Waals surface area (Å²) in [4.78, 5) is 23.1. The molecule has 0 bridgehead atoms. The van der Waals surface area contributed by atoms with Crippen LogP contribution in [0.2, 0.25) is 0 Å². The van der Waals surface area contributed by atoms with E-state index in [2.05, 4.69) is 0 Å². The molecule has 7 nitrogen and oxygen atoms in total. The number of methoxy groups -OCH3 is 2. The van der Waals surface area contributed by atoms with Gasteiger partial charge < -0.3 is 14.2 Å². The van der Waals surface area contributed by atoms with E-state index in [9.17, 15) is 14.9 Å². The Morgan fingerprint density at radius 2 is 1.73 bits per heavy atom. The van der Waals surface area contributed by atoms with E-state index >= 15 is 0 Å². The number of hydrogen-bond donors (Lipinski definition) is 0. The minimum atomic E-state index is -0.625. The van der Waals surface area contributed by atoms with Crippen LogP contribution in [0.1, 0.15) is 22.8 Å². The van der Waals surface area contributed by atoms with Crippen LogP contribution in [0, 0.1) is 10.1 Å². The molecule has 2 aromatic rings. The Balaban J connectivity index is 2.31. The first-order valence-electron chi connectivity index (χ1n) is 7.85. The third-order valence-corrected chi connectivity index (χ3v) is 3.58. The summed E-state index contributed by atoms with van der Waals surface area (Å²) in [6.07, 6.45) is 2.86. The maximum atomic E-state index is 12.5. The molecule has 0 aliphatic heterocycles. The zero-order chi connectivity index (χ0) is 19.1. The molecule has 0 amide bonds. The summed E-state index contributed by atoms with van der Waals surface area (Å²) >= 11 is 0. The maximum Gasteiger partial charge on any atom is 0.284 e. The summed E-state index contributed by atoms with van der Waals surface area (Å²) in [7, 11) is 2.77. The van der Waals surface area contributed by atoms with E-state index in [1.54, 1.807) is 30.3 Å². The van der Waals surface area contributed by atoms with Gasteiger partial charge in [-0.25, -0.2) is 0 Å². The summed E-state index contributed by atoms with van der Waals surface area (Å²) in [5.74, 6) is 0.653. The van der Waals surface area contributed by atoms with Gasteiger partial charge in [-0.15, -0.1) is 0 Å². The highest BCUT2D eigenvalue weighted by Gasteiger charge is 2.23. The SMILES string of the molecule is CCOc1ccc(/C=C/C(=O)c2cc(OC)c(OC)cc2[N+](=O)[O-])cc1. The van der Waals surface area contributed by atoms with E-state index in [0.29, 0.717) is 6.61 Å². The minimum absolute atomic E-state index is 0.0742. The van der Waals surface area contributed by atoms with E-state index in [4.69, 9.17) is 14.2 Å². The fourth-order valence-corrected chi connectivity index (χ4v) is 2.32. The molecule has 0 aliphatic rings. The Bertz CT molecular complexity index is 827. The molecule has 0 N–H and O–H groups in total. The van der Waals surface area contributed by atoms with Gasteiger partial charge in [-0.05, 0) is 30.7 Å². The third-order valence-electron chi connectivity index (χ3n) is 3.58. The molecular weight excluding hydrogens is 338 g/mol. The van der Waals surface area contributed by atoms with E-state index < -0.39 is 10.7 Å². The van der Waals surface area contributed by atoms with E-state index in [1.807, 2.05) is 6.92 Å². The summed E-state index contributed by atoms with van der Waals surface area (Å²) in [5.41, 5.74) is 0.351. The minimum Gasteiger partial charge on any atom is -0.494 e. The lowest BCUT2D eigenvalue weighted by Gasteiger charge is -2.09. The summed E-state index contributed by atoms with van der Waals surface area (Å²) < 4.78 is 15.5. The van der Waals surface area contributed by atoms with Crippen molar-refractivity contribution in [3.8, 4) is 17.2 Å². The van der Waals surface area contributed by atoms with Crippen LogP contribution >= 0.6 is 0 Å². The van der Waals surface area contributed by atoms with Gasteiger partial charge in [0.05, 0.1) is 31.8 Å². The van der Waals surface area contributed by atoms with Crippen LogP contribution in [0.4, 0.5) is 5.69 Å². The van der Waals surface area contributed by atoms with Crippen molar-refractivity contribution in [2.24, 2.45) is 0 Å². The summed E-state index contributed by atoms with van der Waals surface area (Å²) in [6.45, 7) is 2.46. The molecule has 0 fully saturated rings. The number of nitro benzene ring substituents is 1. The average Bonchev–Trinajstić information content (AvgIpc) is 2.66. The van der Waals surface area contributed by atoms with Gasteiger partial charge in [0.15, 0.2) is 17.3 Å². The number of allylic oxidation sites excluding steroid dienone is 1. The molecule has 26 heavy (non-hydrogen) atoms. The number of carbonyl (C=O) groups is 1. The van der Waals surface area contributed by atoms with Crippen LogP contribution in [-0.2, 0) is 0 Å². The predicted molar refractivity (Wildman–Crippen MR) is 97.2 cm³/mol. The van der Waals surface area contributed by atoms with Crippen LogP contribution in [0.3, 0.4) is 0 Å². The molecule has 0 spiro atoms. The molecule has 0 aromatic heterocycles. The molecule has 0 heterocycles. The average molecular weight is 357 g/mol. The Morgan fingerprint density at radius 3 is 2.27 bits per heavy atom. The van der Waals surface area contributed by atoms with Crippen molar-refractivity contribution in [2.45, 2.75) is 6.92 Å². The number of ketones is 1. The molecule has 0 saturated carbocycles. The van der Waals surface area contributed by atoms with Gasteiger partial charge in [0.25, 0.3) is 5.69 Å². The van der Waals surface area contributed by atoms with Crippen molar-refractivity contribution in [2.75, 3.05) is 20.8 Å². The van der Waals surface area contributed by atoms with Crippen molar-refractivity contribution >= 4 is 17.5 Å². The number of hydrogen-bond acceptors (Lipinski definition) is 6. The first-order valence-corrected chi connectivity index (χ1v) is 7.85. The van der Waals surface area contributed by atoms with Gasteiger partial charge in [0.1, 0.15) is 11.3 Å². The lowest BCUT2D eigenvalue weighted by Crippen LogP contribution is -2.03. The van der Waals surface area contributed by atoms with Crippen LogP contribution in [0.25, 0.3) is 6.08 Å². The highest BCUT2D eigenvalue weighted by Crippen LogP contribution is 2.34. The second kappa shape index (κ2) is 8.66. The number of rotatable bonds is 8.